The van der Waals surface area contributed by atoms with Crippen LogP contribution in [-0.2, 0) is 6.18 Å². The number of carbonyl (C=O) groups excluding carboxylic acids is 1. The molecule has 0 unspecified atom stereocenters. The summed E-state index contributed by atoms with van der Waals surface area (Å²) in [7, 11) is 1.53. The van der Waals surface area contributed by atoms with Crippen LogP contribution in [0.15, 0.2) is 42.5 Å². The Balaban J connectivity index is 1.89. The molecule has 0 aliphatic carbocycles. The van der Waals surface area contributed by atoms with Gasteiger partial charge < -0.3 is 15.4 Å². The predicted molar refractivity (Wildman–Crippen MR) is 90.0 cm³/mol. The Labute approximate surface area is 148 Å². The van der Waals surface area contributed by atoms with Crippen molar-refractivity contribution in [2.75, 3.05) is 25.5 Å². The van der Waals surface area contributed by atoms with E-state index in [0.717, 1.165) is 12.1 Å². The first-order valence-electron chi connectivity index (χ1n) is 7.62. The largest absolute Gasteiger partial charge is 0.497 e. The minimum absolute atomic E-state index is 0.110. The number of anilines is 1. The van der Waals surface area contributed by atoms with Crippen molar-refractivity contribution >= 4 is 11.6 Å². The summed E-state index contributed by atoms with van der Waals surface area (Å²) in [6.45, 7) is 0.485. The molecular weight excluding hydrogens is 347 g/mol. The van der Waals surface area contributed by atoms with E-state index in [-0.39, 0.29) is 30.2 Å². The third-order valence-electron chi connectivity index (χ3n) is 3.55. The summed E-state index contributed by atoms with van der Waals surface area (Å²) in [6, 6.07) is 11.2. The van der Waals surface area contributed by atoms with Gasteiger partial charge in [0.05, 0.1) is 23.9 Å². The van der Waals surface area contributed by atoms with Crippen molar-refractivity contribution in [1.29, 1.82) is 5.26 Å². The van der Waals surface area contributed by atoms with Crippen LogP contribution in [0.25, 0.3) is 0 Å². The standard InChI is InChI=1S/C18H16F3N3O2/c1-26-15-5-2-12(3-6-15)17(25)24-9-8-23-16-7-4-14(18(19,20)21)10-13(16)11-22/h2-7,10,23H,8-9H2,1H3,(H,24,25). The van der Waals surface area contributed by atoms with Gasteiger partial charge in [0.25, 0.3) is 5.91 Å². The molecule has 2 aromatic rings. The lowest BCUT2D eigenvalue weighted by molar-refractivity contribution is -0.137. The molecule has 0 bridgehead atoms. The number of nitrogens with one attached hydrogen (secondary N) is 2. The number of benzene rings is 2. The highest BCUT2D eigenvalue weighted by Gasteiger charge is 2.31. The van der Waals surface area contributed by atoms with Crippen LogP contribution in [0.5, 0.6) is 5.75 Å². The maximum atomic E-state index is 12.7. The van der Waals surface area contributed by atoms with Crippen LogP contribution >= 0.6 is 0 Å². The fourth-order valence-corrected chi connectivity index (χ4v) is 2.18. The number of carbonyl (C=O) groups is 1. The number of nitriles is 1. The first kappa shape index (κ1) is 19.1. The topological polar surface area (TPSA) is 74.2 Å². The quantitative estimate of drug-likeness (QED) is 0.771. The number of amides is 1. The molecule has 0 saturated heterocycles. The second-order valence-electron chi connectivity index (χ2n) is 5.28. The Bertz CT molecular complexity index is 812. The first-order chi connectivity index (χ1) is 12.3. The molecule has 0 heterocycles. The number of halogens is 3. The zero-order valence-corrected chi connectivity index (χ0v) is 13.9. The van der Waals surface area contributed by atoms with Crippen molar-refractivity contribution in [1.82, 2.24) is 5.32 Å². The van der Waals surface area contributed by atoms with Crippen LogP contribution in [0.3, 0.4) is 0 Å². The number of alkyl halides is 3. The molecule has 2 aromatic carbocycles. The zero-order chi connectivity index (χ0) is 19.2. The minimum atomic E-state index is -4.50. The number of hydrogen-bond donors (Lipinski definition) is 2. The Morgan fingerprint density at radius 3 is 2.42 bits per heavy atom. The number of nitrogens with zero attached hydrogens (tertiary/aromatic N) is 1. The lowest BCUT2D eigenvalue weighted by Gasteiger charge is -2.12. The molecular formula is C18H16F3N3O2. The van der Waals surface area contributed by atoms with Crippen molar-refractivity contribution in [3.8, 4) is 11.8 Å². The van der Waals surface area contributed by atoms with Crippen LogP contribution in [0.1, 0.15) is 21.5 Å². The Hall–Kier alpha value is -3.21. The number of ether oxygens (including phenoxy) is 1. The summed E-state index contributed by atoms with van der Waals surface area (Å²) in [5, 5.41) is 14.5. The fourth-order valence-electron chi connectivity index (χ4n) is 2.18. The van der Waals surface area contributed by atoms with Gasteiger partial charge in [0, 0.05) is 18.7 Å². The van der Waals surface area contributed by atoms with Gasteiger partial charge in [0.2, 0.25) is 0 Å². The molecule has 0 saturated carbocycles. The highest BCUT2D eigenvalue weighted by molar-refractivity contribution is 5.94. The lowest BCUT2D eigenvalue weighted by atomic mass is 10.1. The highest BCUT2D eigenvalue weighted by atomic mass is 19.4. The molecule has 0 radical (unpaired) electrons. The van der Waals surface area contributed by atoms with E-state index in [2.05, 4.69) is 10.6 Å². The number of methoxy groups -OCH3 is 1. The van der Waals surface area contributed by atoms with Crippen molar-refractivity contribution < 1.29 is 22.7 Å². The van der Waals surface area contributed by atoms with Gasteiger partial charge in [0.1, 0.15) is 11.8 Å². The smallest absolute Gasteiger partial charge is 0.416 e. The molecule has 0 spiro atoms. The predicted octanol–water partition coefficient (Wildman–Crippen LogP) is 3.43. The van der Waals surface area contributed by atoms with E-state index in [1.54, 1.807) is 30.3 Å². The van der Waals surface area contributed by atoms with Crippen LogP contribution in [0, 0.1) is 11.3 Å². The molecule has 0 fully saturated rings. The third kappa shape index (κ3) is 4.89. The summed E-state index contributed by atoms with van der Waals surface area (Å²) in [5.41, 5.74) is -0.258. The average molecular weight is 363 g/mol. The molecule has 5 nitrogen and oxygen atoms in total. The molecule has 1 amide bonds. The minimum Gasteiger partial charge on any atom is -0.497 e. The van der Waals surface area contributed by atoms with Crippen molar-refractivity contribution in [2.24, 2.45) is 0 Å². The third-order valence-corrected chi connectivity index (χ3v) is 3.55. The van der Waals surface area contributed by atoms with Gasteiger partial charge in [-0.2, -0.15) is 18.4 Å². The van der Waals surface area contributed by atoms with Crippen LogP contribution < -0.4 is 15.4 Å². The second-order valence-corrected chi connectivity index (χ2v) is 5.28. The van der Waals surface area contributed by atoms with E-state index in [4.69, 9.17) is 10.00 Å². The summed E-state index contributed by atoms with van der Waals surface area (Å²) in [5.74, 6) is 0.344. The van der Waals surface area contributed by atoms with Gasteiger partial charge in [-0.1, -0.05) is 0 Å². The second kappa shape index (κ2) is 8.25. The van der Waals surface area contributed by atoms with E-state index in [0.29, 0.717) is 11.3 Å². The van der Waals surface area contributed by atoms with E-state index >= 15 is 0 Å². The maximum absolute atomic E-state index is 12.7. The molecule has 26 heavy (non-hydrogen) atoms. The van der Waals surface area contributed by atoms with Gasteiger partial charge in [-0.15, -0.1) is 0 Å². The maximum Gasteiger partial charge on any atom is 0.416 e. The van der Waals surface area contributed by atoms with Crippen molar-refractivity contribution in [2.45, 2.75) is 6.18 Å². The summed E-state index contributed by atoms with van der Waals surface area (Å²) >= 11 is 0. The fraction of sp³-hybridized carbons (Fsp3) is 0.222. The summed E-state index contributed by atoms with van der Waals surface area (Å²) in [6.07, 6.45) is -4.50. The van der Waals surface area contributed by atoms with Gasteiger partial charge in [0.15, 0.2) is 0 Å². The van der Waals surface area contributed by atoms with Gasteiger partial charge in [-0.25, -0.2) is 0 Å². The molecule has 2 N–H and O–H groups in total. The van der Waals surface area contributed by atoms with Crippen molar-refractivity contribution in [3.63, 3.8) is 0 Å². The molecule has 0 atom stereocenters. The highest BCUT2D eigenvalue weighted by Crippen LogP contribution is 2.31. The lowest BCUT2D eigenvalue weighted by Crippen LogP contribution is -2.28. The van der Waals surface area contributed by atoms with Crippen LogP contribution in [-0.4, -0.2) is 26.1 Å². The van der Waals surface area contributed by atoms with Crippen molar-refractivity contribution in [3.05, 3.63) is 59.2 Å². The molecule has 0 aliphatic heterocycles. The summed E-state index contributed by atoms with van der Waals surface area (Å²) in [4.78, 5) is 12.0. The van der Waals surface area contributed by atoms with Gasteiger partial charge >= 0.3 is 6.18 Å². The first-order valence-corrected chi connectivity index (χ1v) is 7.62. The Morgan fingerprint density at radius 2 is 1.85 bits per heavy atom. The molecule has 0 aliphatic rings. The van der Waals surface area contributed by atoms with E-state index in [9.17, 15) is 18.0 Å². The van der Waals surface area contributed by atoms with Crippen LogP contribution in [0.2, 0.25) is 0 Å². The molecule has 0 aromatic heterocycles. The Morgan fingerprint density at radius 1 is 1.15 bits per heavy atom. The summed E-state index contributed by atoms with van der Waals surface area (Å²) < 4.78 is 43.0. The average Bonchev–Trinajstić information content (AvgIpc) is 2.64. The van der Waals surface area contributed by atoms with E-state index in [1.807, 2.05) is 0 Å². The van der Waals surface area contributed by atoms with E-state index < -0.39 is 11.7 Å². The normalized spacial score (nSPS) is 10.7. The molecule has 8 heteroatoms. The zero-order valence-electron chi connectivity index (χ0n) is 13.9. The number of rotatable bonds is 6. The van der Waals surface area contributed by atoms with Gasteiger partial charge in [-0.05, 0) is 42.5 Å². The van der Waals surface area contributed by atoms with Gasteiger partial charge in [-0.3, -0.25) is 4.79 Å². The monoisotopic (exact) mass is 363 g/mol. The van der Waals surface area contributed by atoms with E-state index in [1.165, 1.54) is 13.2 Å². The van der Waals surface area contributed by atoms with Crippen LogP contribution in [0.4, 0.5) is 18.9 Å². The Kier molecular flexibility index (Phi) is 6.07. The number of hydrogen-bond acceptors (Lipinski definition) is 4. The molecule has 2 rings (SSSR count). The molecule has 136 valence electrons. The SMILES string of the molecule is COc1ccc(C(=O)NCCNc2ccc(C(F)(F)F)cc2C#N)cc1.